The van der Waals surface area contributed by atoms with Crippen LogP contribution in [0.25, 0.3) is 11.0 Å². The van der Waals surface area contributed by atoms with Crippen LogP contribution in [0, 0.1) is 5.92 Å². The number of nitrogens with zero attached hydrogens (tertiary/aromatic N) is 4. The van der Waals surface area contributed by atoms with Gasteiger partial charge in [-0.3, -0.25) is 9.79 Å². The number of hydrogen-bond donors (Lipinski definition) is 1. The normalized spacial score (nSPS) is 26.1. The smallest absolute Gasteiger partial charge is 0.262 e. The lowest BCUT2D eigenvalue weighted by Gasteiger charge is -2.14. The summed E-state index contributed by atoms with van der Waals surface area (Å²) in [7, 11) is 0. The number of hydrogen-bond acceptors (Lipinski definition) is 4. The Morgan fingerprint density at radius 3 is 2.86 bits per heavy atom. The van der Waals surface area contributed by atoms with Crippen LogP contribution in [-0.2, 0) is 0 Å². The van der Waals surface area contributed by atoms with Crippen molar-refractivity contribution in [2.75, 3.05) is 6.54 Å². The third-order valence-electron chi connectivity index (χ3n) is 4.74. The molecule has 2 aliphatic rings. The number of aromatic nitrogens is 4. The molecule has 0 amide bonds. The van der Waals surface area contributed by atoms with Crippen molar-refractivity contribution < 1.29 is 0 Å². The van der Waals surface area contributed by atoms with Crippen molar-refractivity contribution >= 4 is 17.2 Å². The Hall–Kier alpha value is -1.98. The second-order valence-electron chi connectivity index (χ2n) is 6.23. The highest BCUT2D eigenvalue weighted by Gasteiger charge is 2.26. The zero-order chi connectivity index (χ0) is 14.4. The molecule has 2 aromatic rings. The van der Waals surface area contributed by atoms with Crippen LogP contribution in [0.15, 0.2) is 16.0 Å². The van der Waals surface area contributed by atoms with Crippen LogP contribution in [0.5, 0.6) is 0 Å². The van der Waals surface area contributed by atoms with E-state index >= 15 is 0 Å². The zero-order valence-corrected chi connectivity index (χ0v) is 12.1. The van der Waals surface area contributed by atoms with E-state index in [0.29, 0.717) is 17.3 Å². The standard InChI is InChI=1S/C15H19N5O/c1-9-6-16-7-11(9)13-18-14-12(15(21)19-13)8-17-20(14)10-4-2-3-5-10/h7-11H,2-6H2,1H3,(H,18,19,21)/t9-,11?/m1/s1. The van der Waals surface area contributed by atoms with Gasteiger partial charge in [-0.1, -0.05) is 19.8 Å². The summed E-state index contributed by atoms with van der Waals surface area (Å²) in [6.45, 7) is 2.93. The van der Waals surface area contributed by atoms with Gasteiger partial charge in [-0.15, -0.1) is 0 Å². The van der Waals surface area contributed by atoms with Crippen molar-refractivity contribution in [3.05, 3.63) is 22.4 Å². The van der Waals surface area contributed by atoms with Crippen LogP contribution < -0.4 is 5.56 Å². The Morgan fingerprint density at radius 1 is 1.33 bits per heavy atom. The SMILES string of the molecule is C[C@@H]1CN=CC1c1nc2c(cnn2C2CCCC2)c(=O)[nH]1. The molecule has 1 fully saturated rings. The number of H-pyrrole nitrogens is 1. The Labute approximate surface area is 122 Å². The van der Waals surface area contributed by atoms with Gasteiger partial charge >= 0.3 is 0 Å². The van der Waals surface area contributed by atoms with E-state index in [4.69, 9.17) is 4.98 Å². The minimum absolute atomic E-state index is 0.0910. The van der Waals surface area contributed by atoms with E-state index in [1.165, 1.54) is 12.8 Å². The molecule has 1 saturated carbocycles. The summed E-state index contributed by atoms with van der Waals surface area (Å²) in [6.07, 6.45) is 8.27. The van der Waals surface area contributed by atoms with Crippen molar-refractivity contribution in [2.24, 2.45) is 10.9 Å². The van der Waals surface area contributed by atoms with E-state index in [-0.39, 0.29) is 11.5 Å². The lowest BCUT2D eigenvalue weighted by atomic mass is 9.97. The summed E-state index contributed by atoms with van der Waals surface area (Å²) in [6, 6.07) is 0.388. The molecule has 3 heterocycles. The van der Waals surface area contributed by atoms with Crippen molar-refractivity contribution in [3.8, 4) is 0 Å². The van der Waals surface area contributed by atoms with E-state index in [1.54, 1.807) is 6.20 Å². The average Bonchev–Trinajstić information content (AvgIpc) is 3.16. The molecule has 1 unspecified atom stereocenters. The van der Waals surface area contributed by atoms with Crippen LogP contribution in [0.4, 0.5) is 0 Å². The van der Waals surface area contributed by atoms with Gasteiger partial charge < -0.3 is 4.98 Å². The third-order valence-corrected chi connectivity index (χ3v) is 4.74. The molecule has 2 atom stereocenters. The predicted molar refractivity (Wildman–Crippen MR) is 80.9 cm³/mol. The first-order valence-corrected chi connectivity index (χ1v) is 7.71. The van der Waals surface area contributed by atoms with Gasteiger partial charge in [0.25, 0.3) is 5.56 Å². The topological polar surface area (TPSA) is 75.9 Å². The molecule has 1 aliphatic heterocycles. The van der Waals surface area contributed by atoms with Gasteiger partial charge in [0.15, 0.2) is 5.65 Å². The van der Waals surface area contributed by atoms with Crippen LogP contribution in [0.1, 0.15) is 50.4 Å². The van der Waals surface area contributed by atoms with Gasteiger partial charge in [0.05, 0.1) is 18.2 Å². The van der Waals surface area contributed by atoms with Crippen molar-refractivity contribution in [2.45, 2.75) is 44.6 Å². The average molecular weight is 285 g/mol. The quantitative estimate of drug-likeness (QED) is 0.917. The fourth-order valence-electron chi connectivity index (χ4n) is 3.47. The molecule has 4 rings (SSSR count). The molecule has 110 valence electrons. The molecule has 21 heavy (non-hydrogen) atoms. The first-order valence-electron chi connectivity index (χ1n) is 7.71. The Morgan fingerprint density at radius 2 is 2.14 bits per heavy atom. The maximum atomic E-state index is 12.3. The molecule has 0 spiro atoms. The van der Waals surface area contributed by atoms with Crippen LogP contribution >= 0.6 is 0 Å². The first kappa shape index (κ1) is 12.7. The molecular weight excluding hydrogens is 266 g/mol. The number of rotatable bonds is 2. The Bertz CT molecular complexity index is 753. The summed E-state index contributed by atoms with van der Waals surface area (Å²) in [4.78, 5) is 24.2. The second-order valence-corrected chi connectivity index (χ2v) is 6.23. The van der Waals surface area contributed by atoms with E-state index in [0.717, 1.165) is 30.9 Å². The highest BCUT2D eigenvalue weighted by molar-refractivity contribution is 5.75. The molecule has 6 nitrogen and oxygen atoms in total. The van der Waals surface area contributed by atoms with Crippen molar-refractivity contribution in [1.82, 2.24) is 19.7 Å². The summed E-state index contributed by atoms with van der Waals surface area (Å²) in [5, 5.41) is 5.02. The van der Waals surface area contributed by atoms with E-state index < -0.39 is 0 Å². The maximum absolute atomic E-state index is 12.3. The summed E-state index contributed by atoms with van der Waals surface area (Å²) in [5.41, 5.74) is 0.639. The van der Waals surface area contributed by atoms with Crippen LogP contribution in [-0.4, -0.2) is 32.5 Å². The summed E-state index contributed by atoms with van der Waals surface area (Å²) in [5.74, 6) is 1.21. The van der Waals surface area contributed by atoms with Crippen molar-refractivity contribution in [3.63, 3.8) is 0 Å². The predicted octanol–water partition coefficient (Wildman–Crippen LogP) is 2.04. The molecular formula is C15H19N5O. The summed E-state index contributed by atoms with van der Waals surface area (Å²) >= 11 is 0. The molecule has 1 aliphatic carbocycles. The summed E-state index contributed by atoms with van der Waals surface area (Å²) < 4.78 is 1.96. The Balaban J connectivity index is 1.85. The van der Waals surface area contributed by atoms with Gasteiger partial charge in [-0.25, -0.2) is 9.67 Å². The molecule has 6 heteroatoms. The zero-order valence-electron chi connectivity index (χ0n) is 12.1. The highest BCUT2D eigenvalue weighted by Crippen LogP contribution is 2.31. The lowest BCUT2D eigenvalue weighted by Crippen LogP contribution is -2.19. The second kappa shape index (κ2) is 4.79. The van der Waals surface area contributed by atoms with Gasteiger partial charge in [0.1, 0.15) is 11.2 Å². The van der Waals surface area contributed by atoms with Gasteiger partial charge in [0, 0.05) is 12.8 Å². The monoisotopic (exact) mass is 285 g/mol. The van der Waals surface area contributed by atoms with E-state index in [9.17, 15) is 4.79 Å². The number of aromatic amines is 1. The fourth-order valence-corrected chi connectivity index (χ4v) is 3.47. The fraction of sp³-hybridized carbons (Fsp3) is 0.600. The van der Waals surface area contributed by atoms with Crippen LogP contribution in [0.2, 0.25) is 0 Å². The molecule has 1 N–H and O–H groups in total. The Kier molecular flexibility index (Phi) is 2.90. The van der Waals surface area contributed by atoms with Gasteiger partial charge in [0.2, 0.25) is 0 Å². The van der Waals surface area contributed by atoms with Crippen LogP contribution in [0.3, 0.4) is 0 Å². The molecule has 0 bridgehead atoms. The van der Waals surface area contributed by atoms with E-state index in [1.807, 2.05) is 10.9 Å². The molecule has 0 radical (unpaired) electrons. The molecule has 0 aromatic carbocycles. The minimum atomic E-state index is -0.0910. The molecule has 2 aromatic heterocycles. The number of nitrogens with one attached hydrogen (secondary N) is 1. The highest BCUT2D eigenvalue weighted by atomic mass is 16.1. The third kappa shape index (κ3) is 2.01. The first-order chi connectivity index (χ1) is 10.2. The lowest BCUT2D eigenvalue weighted by molar-refractivity contribution is 0.477. The minimum Gasteiger partial charge on any atom is -0.309 e. The largest absolute Gasteiger partial charge is 0.309 e. The van der Waals surface area contributed by atoms with Gasteiger partial charge in [-0.2, -0.15) is 5.10 Å². The van der Waals surface area contributed by atoms with Crippen molar-refractivity contribution in [1.29, 1.82) is 0 Å². The van der Waals surface area contributed by atoms with E-state index in [2.05, 4.69) is 22.0 Å². The maximum Gasteiger partial charge on any atom is 0.262 e. The molecule has 0 saturated heterocycles. The number of fused-ring (bicyclic) bond motifs is 1. The number of aliphatic imine (C=N–C) groups is 1. The van der Waals surface area contributed by atoms with Gasteiger partial charge in [-0.05, 0) is 18.8 Å².